The maximum Gasteiger partial charge on any atom is 0.232 e. The number of rotatable bonds is 6. The normalized spacial score (nSPS) is 16.7. The lowest BCUT2D eigenvalue weighted by Crippen LogP contribution is -2.26. The van der Waals surface area contributed by atoms with Crippen LogP contribution in [0.5, 0.6) is 5.88 Å². The van der Waals surface area contributed by atoms with Gasteiger partial charge in [-0.1, -0.05) is 6.92 Å². The second kappa shape index (κ2) is 7.28. The van der Waals surface area contributed by atoms with E-state index in [0.29, 0.717) is 5.88 Å². The molecule has 0 bridgehead atoms. The second-order valence-corrected chi connectivity index (χ2v) is 4.45. The Bertz CT molecular complexity index is 337. The summed E-state index contributed by atoms with van der Waals surface area (Å²) in [5.41, 5.74) is 0.947. The van der Waals surface area contributed by atoms with Crippen LogP contribution >= 0.6 is 0 Å². The van der Waals surface area contributed by atoms with E-state index in [-0.39, 0.29) is 6.10 Å². The van der Waals surface area contributed by atoms with Crippen LogP contribution in [0.3, 0.4) is 0 Å². The highest BCUT2D eigenvalue weighted by atomic mass is 16.5. The zero-order chi connectivity index (χ0) is 12.6. The molecule has 1 aromatic heterocycles. The van der Waals surface area contributed by atoms with Crippen molar-refractivity contribution in [1.29, 1.82) is 0 Å². The Balaban J connectivity index is 1.79. The molecule has 0 unspecified atom stereocenters. The molecule has 2 rings (SSSR count). The van der Waals surface area contributed by atoms with Gasteiger partial charge in [0.05, 0.1) is 31.3 Å². The van der Waals surface area contributed by atoms with Crippen LogP contribution in [0.15, 0.2) is 12.4 Å². The van der Waals surface area contributed by atoms with Crippen LogP contribution in [0.1, 0.15) is 31.9 Å². The highest BCUT2D eigenvalue weighted by molar-refractivity contribution is 5.07. The molecule has 100 valence electrons. The van der Waals surface area contributed by atoms with Crippen molar-refractivity contribution in [2.24, 2.45) is 0 Å². The van der Waals surface area contributed by atoms with E-state index in [4.69, 9.17) is 9.47 Å². The molecule has 1 N–H and O–H groups in total. The number of nitrogens with zero attached hydrogens (tertiary/aromatic N) is 2. The molecule has 1 fully saturated rings. The number of hydrogen-bond acceptors (Lipinski definition) is 5. The quantitative estimate of drug-likeness (QED) is 0.777. The minimum absolute atomic E-state index is 0.220. The lowest BCUT2D eigenvalue weighted by atomic mass is 10.2. The van der Waals surface area contributed by atoms with Crippen molar-refractivity contribution < 1.29 is 9.47 Å². The van der Waals surface area contributed by atoms with Gasteiger partial charge in [0, 0.05) is 19.4 Å². The molecular formula is C13H21N3O2. The van der Waals surface area contributed by atoms with Crippen molar-refractivity contribution in [3.8, 4) is 5.88 Å². The Morgan fingerprint density at radius 2 is 2.17 bits per heavy atom. The molecular weight excluding hydrogens is 230 g/mol. The summed E-state index contributed by atoms with van der Waals surface area (Å²) in [5, 5.41) is 3.29. The van der Waals surface area contributed by atoms with Crippen molar-refractivity contribution in [2.75, 3.05) is 19.8 Å². The third-order valence-corrected chi connectivity index (χ3v) is 2.87. The predicted octanol–water partition coefficient (Wildman–Crippen LogP) is 1.53. The fraction of sp³-hybridized carbons (Fsp3) is 0.692. The van der Waals surface area contributed by atoms with E-state index in [2.05, 4.69) is 22.2 Å². The molecule has 0 aromatic carbocycles. The third kappa shape index (κ3) is 4.23. The molecule has 5 nitrogen and oxygen atoms in total. The van der Waals surface area contributed by atoms with E-state index in [0.717, 1.165) is 51.3 Å². The van der Waals surface area contributed by atoms with Crippen LogP contribution < -0.4 is 10.1 Å². The minimum Gasteiger partial charge on any atom is -0.473 e. The molecule has 0 saturated carbocycles. The molecule has 0 spiro atoms. The van der Waals surface area contributed by atoms with E-state index >= 15 is 0 Å². The van der Waals surface area contributed by atoms with Crippen LogP contribution in [0, 0.1) is 0 Å². The van der Waals surface area contributed by atoms with E-state index in [9.17, 15) is 0 Å². The molecule has 1 aromatic rings. The van der Waals surface area contributed by atoms with Gasteiger partial charge in [-0.3, -0.25) is 4.98 Å². The van der Waals surface area contributed by atoms with Crippen molar-refractivity contribution in [3.05, 3.63) is 18.1 Å². The second-order valence-electron chi connectivity index (χ2n) is 4.45. The molecule has 5 heteroatoms. The van der Waals surface area contributed by atoms with Crippen LogP contribution in [0.2, 0.25) is 0 Å². The summed E-state index contributed by atoms with van der Waals surface area (Å²) in [6.07, 6.45) is 6.69. The fourth-order valence-electron chi connectivity index (χ4n) is 1.85. The van der Waals surface area contributed by atoms with Gasteiger partial charge in [-0.2, -0.15) is 0 Å². The van der Waals surface area contributed by atoms with Gasteiger partial charge in [0.2, 0.25) is 5.88 Å². The number of ether oxygens (including phenoxy) is 2. The number of hydrogen-bond donors (Lipinski definition) is 1. The highest BCUT2D eigenvalue weighted by Crippen LogP contribution is 2.14. The maximum atomic E-state index is 5.76. The first-order valence-electron chi connectivity index (χ1n) is 6.64. The van der Waals surface area contributed by atoms with Gasteiger partial charge in [-0.15, -0.1) is 0 Å². The van der Waals surface area contributed by atoms with Crippen LogP contribution in [0.25, 0.3) is 0 Å². The smallest absolute Gasteiger partial charge is 0.232 e. The van der Waals surface area contributed by atoms with Gasteiger partial charge in [-0.25, -0.2) is 4.98 Å². The maximum absolute atomic E-state index is 5.76. The standard InChI is InChI=1S/C13H21N3O2/c1-2-5-14-8-11-9-16-13(10-15-11)18-12-3-6-17-7-4-12/h9-10,12,14H,2-8H2,1H3. The lowest BCUT2D eigenvalue weighted by molar-refractivity contribution is 0.0235. The molecule has 0 atom stereocenters. The van der Waals surface area contributed by atoms with Crippen molar-refractivity contribution in [3.63, 3.8) is 0 Å². The van der Waals surface area contributed by atoms with E-state index < -0.39 is 0 Å². The first-order chi connectivity index (χ1) is 8.88. The van der Waals surface area contributed by atoms with Gasteiger partial charge in [0.15, 0.2) is 0 Å². The fourth-order valence-corrected chi connectivity index (χ4v) is 1.85. The molecule has 0 radical (unpaired) electrons. The SMILES string of the molecule is CCCNCc1cnc(OC2CCOCC2)cn1. The van der Waals surface area contributed by atoms with E-state index in [1.165, 1.54) is 0 Å². The zero-order valence-electron chi connectivity index (χ0n) is 10.9. The summed E-state index contributed by atoms with van der Waals surface area (Å²) < 4.78 is 11.0. The van der Waals surface area contributed by atoms with Crippen LogP contribution in [-0.2, 0) is 11.3 Å². The Kier molecular flexibility index (Phi) is 5.36. The Morgan fingerprint density at radius 1 is 1.33 bits per heavy atom. The average molecular weight is 251 g/mol. The Hall–Kier alpha value is -1.20. The van der Waals surface area contributed by atoms with Crippen LogP contribution in [-0.4, -0.2) is 35.8 Å². The lowest BCUT2D eigenvalue weighted by Gasteiger charge is -2.22. The van der Waals surface area contributed by atoms with Gasteiger partial charge in [0.1, 0.15) is 6.10 Å². The van der Waals surface area contributed by atoms with Gasteiger partial charge >= 0.3 is 0 Å². The summed E-state index contributed by atoms with van der Waals surface area (Å²) in [5.74, 6) is 0.612. The summed E-state index contributed by atoms with van der Waals surface area (Å²) >= 11 is 0. The number of nitrogens with one attached hydrogen (secondary N) is 1. The third-order valence-electron chi connectivity index (χ3n) is 2.87. The summed E-state index contributed by atoms with van der Waals surface area (Å²) in [4.78, 5) is 8.62. The molecule has 1 aliphatic heterocycles. The molecule has 1 saturated heterocycles. The average Bonchev–Trinajstić information content (AvgIpc) is 2.42. The first-order valence-corrected chi connectivity index (χ1v) is 6.64. The molecule has 18 heavy (non-hydrogen) atoms. The largest absolute Gasteiger partial charge is 0.473 e. The van der Waals surface area contributed by atoms with Gasteiger partial charge in [-0.05, 0) is 13.0 Å². The summed E-state index contributed by atoms with van der Waals surface area (Å²) in [6, 6.07) is 0. The molecule has 0 amide bonds. The van der Waals surface area contributed by atoms with Gasteiger partial charge < -0.3 is 14.8 Å². The number of aromatic nitrogens is 2. The van der Waals surface area contributed by atoms with Crippen LogP contribution in [0.4, 0.5) is 0 Å². The first kappa shape index (κ1) is 13.2. The monoisotopic (exact) mass is 251 g/mol. The topological polar surface area (TPSA) is 56.3 Å². The minimum atomic E-state index is 0.220. The highest BCUT2D eigenvalue weighted by Gasteiger charge is 2.15. The van der Waals surface area contributed by atoms with E-state index in [1.807, 2.05) is 0 Å². The van der Waals surface area contributed by atoms with Crippen molar-refractivity contribution in [2.45, 2.75) is 38.8 Å². The van der Waals surface area contributed by atoms with Gasteiger partial charge in [0.25, 0.3) is 0 Å². The summed E-state index contributed by atoms with van der Waals surface area (Å²) in [7, 11) is 0. The zero-order valence-corrected chi connectivity index (χ0v) is 10.9. The predicted molar refractivity (Wildman–Crippen MR) is 68.5 cm³/mol. The van der Waals surface area contributed by atoms with Crippen molar-refractivity contribution >= 4 is 0 Å². The van der Waals surface area contributed by atoms with E-state index in [1.54, 1.807) is 12.4 Å². The Morgan fingerprint density at radius 3 is 2.83 bits per heavy atom. The molecule has 2 heterocycles. The molecule has 0 aliphatic carbocycles. The van der Waals surface area contributed by atoms with Crippen molar-refractivity contribution in [1.82, 2.24) is 15.3 Å². The Labute approximate surface area is 108 Å². The summed E-state index contributed by atoms with van der Waals surface area (Å²) in [6.45, 7) is 5.46. The molecule has 1 aliphatic rings.